The molecule has 0 bridgehead atoms. The van der Waals surface area contributed by atoms with Gasteiger partial charge in [0.2, 0.25) is 0 Å². The van der Waals surface area contributed by atoms with Gasteiger partial charge in [0, 0.05) is 0 Å². The SMILES string of the molecule is c1ccc2cc(-c3cc(-c4ccc5ccccc5c4)cc(-c4c5ccccc5c(-c5ccc6ccccc6c5)c5ccc(-c6ccc7ccccc7c6)cc45)c3)ccc2c1. The molecule has 0 atom stereocenters. The molecular formula is C60H38. The summed E-state index contributed by atoms with van der Waals surface area (Å²) in [6.45, 7) is 0. The van der Waals surface area contributed by atoms with E-state index in [4.69, 9.17) is 0 Å². The predicted octanol–water partition coefficient (Wildman–Crippen LogP) is 16.9. The molecule has 0 saturated heterocycles. The first-order valence-corrected chi connectivity index (χ1v) is 20.8. The minimum absolute atomic E-state index is 1.20. The van der Waals surface area contributed by atoms with E-state index in [0.717, 1.165) is 0 Å². The molecule has 0 radical (unpaired) electrons. The quantitative estimate of drug-likeness (QED) is 0.153. The van der Waals surface area contributed by atoms with Gasteiger partial charge in [-0.1, -0.05) is 182 Å². The van der Waals surface area contributed by atoms with Crippen LogP contribution in [0, 0.1) is 0 Å². The van der Waals surface area contributed by atoms with Gasteiger partial charge in [-0.25, -0.2) is 0 Å². The molecule has 0 aliphatic heterocycles. The van der Waals surface area contributed by atoms with Crippen molar-refractivity contribution in [2.75, 3.05) is 0 Å². The number of hydrogen-bond donors (Lipinski definition) is 0. The summed E-state index contributed by atoms with van der Waals surface area (Å²) in [5.41, 5.74) is 12.2. The van der Waals surface area contributed by atoms with Crippen molar-refractivity contribution in [1.29, 1.82) is 0 Å². The molecule has 0 saturated carbocycles. The highest BCUT2D eigenvalue weighted by molar-refractivity contribution is 6.22. The zero-order valence-electron chi connectivity index (χ0n) is 32.9. The van der Waals surface area contributed by atoms with Crippen LogP contribution in [-0.4, -0.2) is 0 Å². The van der Waals surface area contributed by atoms with Crippen molar-refractivity contribution >= 4 is 64.6 Å². The van der Waals surface area contributed by atoms with E-state index < -0.39 is 0 Å². The Kier molecular flexibility index (Phi) is 7.96. The van der Waals surface area contributed by atoms with Crippen molar-refractivity contribution in [2.45, 2.75) is 0 Å². The lowest BCUT2D eigenvalue weighted by Crippen LogP contribution is -1.93. The smallest absolute Gasteiger partial charge is 0.00257 e. The van der Waals surface area contributed by atoms with Gasteiger partial charge in [0.05, 0.1) is 0 Å². The molecule has 60 heavy (non-hydrogen) atoms. The summed E-state index contributed by atoms with van der Waals surface area (Å²) in [6.07, 6.45) is 0. The topological polar surface area (TPSA) is 0 Å². The van der Waals surface area contributed by atoms with Crippen LogP contribution in [0.25, 0.3) is 120 Å². The van der Waals surface area contributed by atoms with E-state index in [1.165, 1.54) is 120 Å². The maximum absolute atomic E-state index is 2.45. The summed E-state index contributed by atoms with van der Waals surface area (Å²) in [5.74, 6) is 0. The molecule has 0 unspecified atom stereocenters. The Morgan fingerprint density at radius 2 is 0.450 bits per heavy atom. The first kappa shape index (κ1) is 34.3. The minimum atomic E-state index is 1.20. The largest absolute Gasteiger partial charge is 0.0616 e. The standard InChI is InChI=1S/C60H38/c1-5-15-43-31-47(25-21-39(43)11-1)50-29-30-57-58(38-50)60(56-20-10-9-19-55(56)59(57)51-28-24-42-14-4-8-18-46(42)34-51)54-36-52(48-26-22-40-12-2-6-16-44(40)32-48)35-53(37-54)49-27-23-41-13-3-7-17-45(41)33-49/h1-38H. The molecule has 0 fully saturated rings. The van der Waals surface area contributed by atoms with Crippen molar-refractivity contribution in [2.24, 2.45) is 0 Å². The van der Waals surface area contributed by atoms with Gasteiger partial charge in [-0.15, -0.1) is 0 Å². The zero-order chi connectivity index (χ0) is 39.6. The molecule has 0 amide bonds. The predicted molar refractivity (Wildman–Crippen MR) is 259 cm³/mol. The highest BCUT2D eigenvalue weighted by Crippen LogP contribution is 2.47. The van der Waals surface area contributed by atoms with Gasteiger partial charge < -0.3 is 0 Å². The summed E-state index contributed by atoms with van der Waals surface area (Å²) in [6, 6.07) is 85.6. The highest BCUT2D eigenvalue weighted by atomic mass is 14.2. The van der Waals surface area contributed by atoms with E-state index in [9.17, 15) is 0 Å². The van der Waals surface area contributed by atoms with Crippen molar-refractivity contribution < 1.29 is 0 Å². The lowest BCUT2D eigenvalue weighted by atomic mass is 9.83. The Morgan fingerprint density at radius 3 is 0.917 bits per heavy atom. The van der Waals surface area contributed by atoms with Gasteiger partial charge in [-0.3, -0.25) is 0 Å². The minimum Gasteiger partial charge on any atom is -0.0616 e. The second-order valence-corrected chi connectivity index (χ2v) is 16.1. The average Bonchev–Trinajstić information content (AvgIpc) is 3.32. The molecule has 0 heteroatoms. The number of benzene rings is 12. The van der Waals surface area contributed by atoms with Crippen LogP contribution < -0.4 is 0 Å². The van der Waals surface area contributed by atoms with E-state index in [2.05, 4.69) is 231 Å². The molecule has 0 aromatic heterocycles. The summed E-state index contributed by atoms with van der Waals surface area (Å²) in [5, 5.41) is 14.9. The lowest BCUT2D eigenvalue weighted by molar-refractivity contribution is 1.60. The third kappa shape index (κ3) is 5.84. The summed E-state index contributed by atoms with van der Waals surface area (Å²) in [7, 11) is 0. The van der Waals surface area contributed by atoms with Gasteiger partial charge in [0.15, 0.2) is 0 Å². The summed E-state index contributed by atoms with van der Waals surface area (Å²) in [4.78, 5) is 0. The fourth-order valence-corrected chi connectivity index (χ4v) is 9.54. The normalized spacial score (nSPS) is 11.7. The van der Waals surface area contributed by atoms with Gasteiger partial charge in [0.25, 0.3) is 0 Å². The summed E-state index contributed by atoms with van der Waals surface area (Å²) < 4.78 is 0. The molecule has 0 aliphatic carbocycles. The number of hydrogen-bond acceptors (Lipinski definition) is 0. The van der Waals surface area contributed by atoms with E-state index in [0.29, 0.717) is 0 Å². The van der Waals surface area contributed by atoms with Gasteiger partial charge in [-0.2, -0.15) is 0 Å². The maximum atomic E-state index is 2.45. The Bertz CT molecular complexity index is 3560. The average molecular weight is 759 g/mol. The molecule has 0 aliphatic rings. The Labute approximate surface area is 349 Å². The fraction of sp³-hybridized carbons (Fsp3) is 0. The molecule has 0 heterocycles. The van der Waals surface area contributed by atoms with Gasteiger partial charge >= 0.3 is 0 Å². The van der Waals surface area contributed by atoms with Crippen LogP contribution in [0.1, 0.15) is 0 Å². The Hall–Kier alpha value is -7.80. The van der Waals surface area contributed by atoms with Gasteiger partial charge in [-0.05, 0) is 169 Å². The van der Waals surface area contributed by atoms with E-state index in [1.807, 2.05) is 0 Å². The Morgan fingerprint density at radius 1 is 0.150 bits per heavy atom. The number of rotatable bonds is 5. The van der Waals surface area contributed by atoms with E-state index in [-0.39, 0.29) is 0 Å². The first-order valence-electron chi connectivity index (χ1n) is 20.8. The Balaban J connectivity index is 1.18. The van der Waals surface area contributed by atoms with Crippen molar-refractivity contribution in [3.63, 3.8) is 0 Å². The second-order valence-electron chi connectivity index (χ2n) is 16.1. The first-order chi connectivity index (χ1) is 29.7. The van der Waals surface area contributed by atoms with Crippen molar-refractivity contribution in [3.8, 4) is 55.6 Å². The van der Waals surface area contributed by atoms with Gasteiger partial charge in [0.1, 0.15) is 0 Å². The molecule has 0 nitrogen and oxygen atoms in total. The summed E-state index contributed by atoms with van der Waals surface area (Å²) >= 11 is 0. The molecule has 12 aromatic rings. The highest BCUT2D eigenvalue weighted by Gasteiger charge is 2.20. The lowest BCUT2D eigenvalue weighted by Gasteiger charge is -2.20. The number of fused-ring (bicyclic) bond motifs is 6. The third-order valence-electron chi connectivity index (χ3n) is 12.5. The molecule has 12 aromatic carbocycles. The van der Waals surface area contributed by atoms with Crippen LogP contribution in [0.15, 0.2) is 231 Å². The molecule has 278 valence electrons. The maximum Gasteiger partial charge on any atom is -0.00257 e. The molecular weight excluding hydrogens is 721 g/mol. The van der Waals surface area contributed by atoms with Crippen LogP contribution in [0.4, 0.5) is 0 Å². The van der Waals surface area contributed by atoms with Crippen molar-refractivity contribution in [3.05, 3.63) is 231 Å². The van der Waals surface area contributed by atoms with Crippen LogP contribution in [-0.2, 0) is 0 Å². The van der Waals surface area contributed by atoms with Crippen molar-refractivity contribution in [1.82, 2.24) is 0 Å². The second kappa shape index (κ2) is 13.9. The monoisotopic (exact) mass is 758 g/mol. The van der Waals surface area contributed by atoms with Crippen LogP contribution in [0.3, 0.4) is 0 Å². The molecule has 0 spiro atoms. The van der Waals surface area contributed by atoms with Crippen LogP contribution in [0.2, 0.25) is 0 Å². The van der Waals surface area contributed by atoms with E-state index in [1.54, 1.807) is 0 Å². The van der Waals surface area contributed by atoms with E-state index >= 15 is 0 Å². The molecule has 0 N–H and O–H groups in total. The van der Waals surface area contributed by atoms with Crippen LogP contribution in [0.5, 0.6) is 0 Å². The van der Waals surface area contributed by atoms with Crippen LogP contribution >= 0.6 is 0 Å². The zero-order valence-corrected chi connectivity index (χ0v) is 32.9. The third-order valence-corrected chi connectivity index (χ3v) is 12.5. The fourth-order valence-electron chi connectivity index (χ4n) is 9.54. The molecule has 12 rings (SSSR count).